The first-order valence-corrected chi connectivity index (χ1v) is 5.72. The van der Waals surface area contributed by atoms with E-state index >= 15 is 0 Å². The molecule has 0 aliphatic carbocycles. The van der Waals surface area contributed by atoms with Crippen LogP contribution in [0.1, 0.15) is 60.8 Å². The third kappa shape index (κ3) is 14.0. The molecular weight excluding hydrogens is 174 g/mol. The Morgan fingerprint density at radius 1 is 1.21 bits per heavy atom. The van der Waals surface area contributed by atoms with Gasteiger partial charge >= 0.3 is 0 Å². The minimum absolute atomic E-state index is 0.182. The van der Waals surface area contributed by atoms with Crippen LogP contribution in [-0.4, -0.2) is 12.5 Å². The lowest BCUT2D eigenvalue weighted by molar-refractivity contribution is -0.121. The molecule has 14 heavy (non-hydrogen) atoms. The normalized spacial score (nSPS) is 10.1. The number of hydrogen-bond donors (Lipinski definition) is 1. The molecule has 0 bridgehead atoms. The van der Waals surface area contributed by atoms with E-state index in [1.165, 1.54) is 0 Å². The summed E-state index contributed by atoms with van der Waals surface area (Å²) in [5.74, 6) is 0.182. The maximum atomic E-state index is 11.0. The van der Waals surface area contributed by atoms with Gasteiger partial charge in [-0.1, -0.05) is 34.6 Å². The van der Waals surface area contributed by atoms with Crippen LogP contribution in [0.3, 0.4) is 0 Å². The maximum Gasteiger partial charge on any atom is 0.219 e. The fourth-order valence-corrected chi connectivity index (χ4v) is 1.06. The summed E-state index contributed by atoms with van der Waals surface area (Å²) in [7, 11) is 0. The van der Waals surface area contributed by atoms with Crippen molar-refractivity contribution < 1.29 is 4.79 Å². The molecule has 0 saturated heterocycles. The Morgan fingerprint density at radius 3 is 2.07 bits per heavy atom. The molecule has 0 rings (SSSR count). The van der Waals surface area contributed by atoms with Crippen LogP contribution in [-0.2, 0) is 4.79 Å². The number of carbonyl (C=O) groups excluding carboxylic acids is 1. The lowest BCUT2D eigenvalue weighted by Gasteiger charge is -2.17. The van der Waals surface area contributed by atoms with Crippen molar-refractivity contribution in [2.75, 3.05) is 6.54 Å². The van der Waals surface area contributed by atoms with Gasteiger partial charge in [0, 0.05) is 13.0 Å². The minimum Gasteiger partial charge on any atom is -0.356 e. The molecule has 0 atom stereocenters. The van der Waals surface area contributed by atoms with Crippen molar-refractivity contribution in [1.82, 2.24) is 5.32 Å². The molecule has 2 heteroatoms. The van der Waals surface area contributed by atoms with Crippen molar-refractivity contribution in [2.24, 2.45) is 5.41 Å². The zero-order chi connectivity index (χ0) is 11.6. The van der Waals surface area contributed by atoms with Gasteiger partial charge in [0.05, 0.1) is 0 Å². The highest BCUT2D eigenvalue weighted by Crippen LogP contribution is 2.21. The third-order valence-corrected chi connectivity index (χ3v) is 1.70. The highest BCUT2D eigenvalue weighted by atomic mass is 16.1. The fourth-order valence-electron chi connectivity index (χ4n) is 1.06. The summed E-state index contributed by atoms with van der Waals surface area (Å²) >= 11 is 0. The van der Waals surface area contributed by atoms with E-state index in [0.717, 1.165) is 19.4 Å². The summed E-state index contributed by atoms with van der Waals surface area (Å²) in [5, 5.41) is 2.79. The molecule has 0 unspecified atom stereocenters. The van der Waals surface area contributed by atoms with Crippen LogP contribution < -0.4 is 5.32 Å². The molecule has 0 fully saturated rings. The van der Waals surface area contributed by atoms with Gasteiger partial charge in [-0.15, -0.1) is 0 Å². The van der Waals surface area contributed by atoms with Crippen LogP contribution in [0, 0.1) is 5.41 Å². The molecule has 0 aromatic heterocycles. The highest BCUT2D eigenvalue weighted by Gasteiger charge is 2.10. The number of hydrogen-bond acceptors (Lipinski definition) is 1. The number of nitrogens with one attached hydrogen (secondary N) is 1. The van der Waals surface area contributed by atoms with Crippen LogP contribution in [0.15, 0.2) is 0 Å². The van der Waals surface area contributed by atoms with Gasteiger partial charge in [-0.2, -0.15) is 0 Å². The van der Waals surface area contributed by atoms with E-state index in [0.29, 0.717) is 11.8 Å². The second kappa shape index (κ2) is 9.04. The van der Waals surface area contributed by atoms with Gasteiger partial charge in [0.15, 0.2) is 0 Å². The van der Waals surface area contributed by atoms with Gasteiger partial charge in [-0.3, -0.25) is 4.79 Å². The Hall–Kier alpha value is -0.530. The Bertz CT molecular complexity index is 136. The van der Waals surface area contributed by atoms with Crippen LogP contribution in [0.4, 0.5) is 0 Å². The SMILES string of the molecule is CC.CCNC(=O)CCCC(C)(C)C. The van der Waals surface area contributed by atoms with E-state index in [9.17, 15) is 4.79 Å². The van der Waals surface area contributed by atoms with Gasteiger partial charge < -0.3 is 5.32 Å². The first-order valence-electron chi connectivity index (χ1n) is 5.72. The predicted molar refractivity (Wildman–Crippen MR) is 63.3 cm³/mol. The van der Waals surface area contributed by atoms with Crippen molar-refractivity contribution in [1.29, 1.82) is 0 Å². The summed E-state index contributed by atoms with van der Waals surface area (Å²) < 4.78 is 0. The summed E-state index contributed by atoms with van der Waals surface area (Å²) in [5.41, 5.74) is 0.354. The van der Waals surface area contributed by atoms with Crippen LogP contribution in [0.2, 0.25) is 0 Å². The van der Waals surface area contributed by atoms with Gasteiger partial charge in [-0.25, -0.2) is 0 Å². The molecule has 0 saturated carbocycles. The lowest BCUT2D eigenvalue weighted by atomic mass is 9.90. The van der Waals surface area contributed by atoms with E-state index in [1.807, 2.05) is 20.8 Å². The third-order valence-electron chi connectivity index (χ3n) is 1.70. The average Bonchev–Trinajstić information content (AvgIpc) is 2.06. The Balaban J connectivity index is 0. The molecule has 0 aliphatic heterocycles. The number of rotatable bonds is 4. The molecule has 0 aliphatic rings. The molecule has 0 aromatic rings. The summed E-state index contributed by atoms with van der Waals surface area (Å²) in [6, 6.07) is 0. The van der Waals surface area contributed by atoms with E-state index in [2.05, 4.69) is 26.1 Å². The summed E-state index contributed by atoms with van der Waals surface area (Å²) in [6.45, 7) is 13.3. The molecule has 0 heterocycles. The van der Waals surface area contributed by atoms with E-state index in [1.54, 1.807) is 0 Å². The maximum absolute atomic E-state index is 11.0. The lowest BCUT2D eigenvalue weighted by Crippen LogP contribution is -2.22. The van der Waals surface area contributed by atoms with Crippen LogP contribution >= 0.6 is 0 Å². The Morgan fingerprint density at radius 2 is 1.71 bits per heavy atom. The molecule has 0 aromatic carbocycles. The van der Waals surface area contributed by atoms with Crippen LogP contribution in [0.25, 0.3) is 0 Å². The monoisotopic (exact) mass is 201 g/mol. The van der Waals surface area contributed by atoms with Gasteiger partial charge in [0.2, 0.25) is 5.91 Å². The standard InChI is InChI=1S/C10H21NO.C2H6/c1-5-11-9(12)7-6-8-10(2,3)4;1-2/h5-8H2,1-4H3,(H,11,12);1-2H3. The van der Waals surface area contributed by atoms with Crippen molar-refractivity contribution in [2.45, 2.75) is 60.8 Å². The van der Waals surface area contributed by atoms with Gasteiger partial charge in [0.1, 0.15) is 0 Å². The largest absolute Gasteiger partial charge is 0.356 e. The summed E-state index contributed by atoms with van der Waals surface area (Å²) in [4.78, 5) is 11.0. The van der Waals surface area contributed by atoms with E-state index in [-0.39, 0.29) is 5.91 Å². The summed E-state index contributed by atoms with van der Waals surface area (Å²) in [6.07, 6.45) is 2.78. The predicted octanol–water partition coefficient (Wildman–Crippen LogP) is 3.37. The van der Waals surface area contributed by atoms with Crippen molar-refractivity contribution in [3.05, 3.63) is 0 Å². The van der Waals surface area contributed by atoms with E-state index < -0.39 is 0 Å². The minimum atomic E-state index is 0.182. The zero-order valence-corrected chi connectivity index (χ0v) is 10.7. The number of carbonyl (C=O) groups is 1. The first-order chi connectivity index (χ1) is 6.45. The Labute approximate surface area is 89.5 Å². The van der Waals surface area contributed by atoms with Crippen LogP contribution in [0.5, 0.6) is 0 Å². The van der Waals surface area contributed by atoms with Crippen molar-refractivity contribution >= 4 is 5.91 Å². The first kappa shape index (κ1) is 15.9. The van der Waals surface area contributed by atoms with Gasteiger partial charge in [-0.05, 0) is 25.2 Å². The molecule has 1 N–H and O–H groups in total. The topological polar surface area (TPSA) is 29.1 Å². The van der Waals surface area contributed by atoms with E-state index in [4.69, 9.17) is 0 Å². The van der Waals surface area contributed by atoms with Crippen molar-refractivity contribution in [3.63, 3.8) is 0 Å². The van der Waals surface area contributed by atoms with Crippen molar-refractivity contribution in [3.8, 4) is 0 Å². The smallest absolute Gasteiger partial charge is 0.219 e. The average molecular weight is 201 g/mol. The molecule has 1 amide bonds. The number of amides is 1. The van der Waals surface area contributed by atoms with Gasteiger partial charge in [0.25, 0.3) is 0 Å². The zero-order valence-electron chi connectivity index (χ0n) is 10.7. The molecule has 0 spiro atoms. The quantitative estimate of drug-likeness (QED) is 0.742. The highest BCUT2D eigenvalue weighted by molar-refractivity contribution is 5.75. The molecular formula is C12H27NO. The second-order valence-corrected chi connectivity index (χ2v) is 4.37. The molecule has 0 radical (unpaired) electrons. The Kier molecular flexibility index (Phi) is 10.3. The second-order valence-electron chi connectivity index (χ2n) is 4.37. The fraction of sp³-hybridized carbons (Fsp3) is 0.917. The molecule has 86 valence electrons. The molecule has 2 nitrogen and oxygen atoms in total.